The van der Waals surface area contributed by atoms with Gasteiger partial charge in [-0.1, -0.05) is 0 Å². The maximum atomic E-state index is 11.1. The van der Waals surface area contributed by atoms with E-state index in [0.29, 0.717) is 18.3 Å². The summed E-state index contributed by atoms with van der Waals surface area (Å²) in [5.41, 5.74) is 7.63. The summed E-state index contributed by atoms with van der Waals surface area (Å²) in [7, 11) is 0. The van der Waals surface area contributed by atoms with E-state index in [1.807, 2.05) is 12.1 Å². The first-order chi connectivity index (χ1) is 9.65. The Hall–Kier alpha value is -2.43. The van der Waals surface area contributed by atoms with Gasteiger partial charge in [0.15, 0.2) is 0 Å². The Balaban J connectivity index is 1.94. The number of carbonyl (C=O) groups is 1. The first-order valence-electron chi connectivity index (χ1n) is 6.57. The molecule has 3 N–H and O–H groups in total. The number of hydrogen-bond donors (Lipinski definition) is 2. The highest BCUT2D eigenvalue weighted by atomic mass is 16.4. The van der Waals surface area contributed by atoms with E-state index in [1.54, 1.807) is 18.4 Å². The molecule has 0 spiro atoms. The molecule has 20 heavy (non-hydrogen) atoms. The van der Waals surface area contributed by atoms with Gasteiger partial charge < -0.3 is 20.2 Å². The summed E-state index contributed by atoms with van der Waals surface area (Å²) in [6, 6.07) is 8.98. The number of carboxylic acid groups (broad SMARTS) is 1. The molecular formula is C15H16N2O3. The Morgan fingerprint density at radius 2 is 2.20 bits per heavy atom. The SMILES string of the molecule is Nc1ccc(C(=O)O)cc1N(Cc1ccco1)C1CC1. The third-order valence-corrected chi connectivity index (χ3v) is 3.48. The standard InChI is InChI=1S/C15H16N2O3/c16-13-6-3-10(15(18)19)8-14(13)17(11-4-5-11)9-12-2-1-7-20-12/h1-3,6-8,11H,4-5,9,16H2,(H,18,19). The van der Waals surface area contributed by atoms with Crippen molar-refractivity contribution in [1.82, 2.24) is 0 Å². The number of anilines is 2. The second kappa shape index (κ2) is 4.92. The number of hydrogen-bond acceptors (Lipinski definition) is 4. The summed E-state index contributed by atoms with van der Waals surface area (Å²) in [6.07, 6.45) is 3.83. The number of aromatic carboxylic acids is 1. The highest BCUT2D eigenvalue weighted by Gasteiger charge is 2.31. The van der Waals surface area contributed by atoms with Crippen molar-refractivity contribution in [1.29, 1.82) is 0 Å². The molecule has 1 saturated carbocycles. The van der Waals surface area contributed by atoms with Crippen molar-refractivity contribution in [2.75, 3.05) is 10.6 Å². The molecule has 1 aliphatic carbocycles. The zero-order valence-electron chi connectivity index (χ0n) is 11.0. The Kier molecular flexibility index (Phi) is 3.10. The number of nitrogens with two attached hydrogens (primary N) is 1. The van der Waals surface area contributed by atoms with E-state index >= 15 is 0 Å². The molecule has 3 rings (SSSR count). The summed E-state index contributed by atoms with van der Waals surface area (Å²) in [5.74, 6) is -0.1000. The van der Waals surface area contributed by atoms with Gasteiger partial charge in [0.05, 0.1) is 29.7 Å². The first kappa shape index (κ1) is 12.6. The third-order valence-electron chi connectivity index (χ3n) is 3.48. The van der Waals surface area contributed by atoms with Gasteiger partial charge in [-0.2, -0.15) is 0 Å². The number of nitrogen functional groups attached to an aromatic ring is 1. The van der Waals surface area contributed by atoms with Crippen LogP contribution in [0.5, 0.6) is 0 Å². The molecule has 1 heterocycles. The molecule has 1 fully saturated rings. The first-order valence-corrected chi connectivity index (χ1v) is 6.57. The second-order valence-electron chi connectivity index (χ2n) is 5.02. The third kappa shape index (κ3) is 2.47. The molecule has 0 radical (unpaired) electrons. The molecule has 1 aromatic heterocycles. The Morgan fingerprint density at radius 3 is 2.80 bits per heavy atom. The second-order valence-corrected chi connectivity index (χ2v) is 5.02. The molecule has 0 saturated heterocycles. The van der Waals surface area contributed by atoms with Crippen molar-refractivity contribution >= 4 is 17.3 Å². The van der Waals surface area contributed by atoms with Gasteiger partial charge in [0.1, 0.15) is 5.76 Å². The fourth-order valence-electron chi connectivity index (χ4n) is 2.29. The largest absolute Gasteiger partial charge is 0.478 e. The zero-order valence-corrected chi connectivity index (χ0v) is 11.0. The van der Waals surface area contributed by atoms with Crippen LogP contribution in [-0.4, -0.2) is 17.1 Å². The van der Waals surface area contributed by atoms with Crippen molar-refractivity contribution < 1.29 is 14.3 Å². The van der Waals surface area contributed by atoms with Gasteiger partial charge >= 0.3 is 5.97 Å². The molecule has 0 unspecified atom stereocenters. The lowest BCUT2D eigenvalue weighted by Crippen LogP contribution is -2.26. The number of furan rings is 1. The average molecular weight is 272 g/mol. The van der Waals surface area contributed by atoms with Crippen LogP contribution in [0.2, 0.25) is 0 Å². The Labute approximate surface area is 116 Å². The van der Waals surface area contributed by atoms with Gasteiger partial charge in [-0.25, -0.2) is 4.79 Å². The van der Waals surface area contributed by atoms with Gasteiger partial charge in [-0.15, -0.1) is 0 Å². The number of benzene rings is 1. The van der Waals surface area contributed by atoms with Crippen LogP contribution in [-0.2, 0) is 6.54 Å². The van der Waals surface area contributed by atoms with Crippen LogP contribution >= 0.6 is 0 Å². The van der Waals surface area contributed by atoms with Crippen molar-refractivity contribution in [3.8, 4) is 0 Å². The van der Waals surface area contributed by atoms with Gasteiger partial charge in [0.2, 0.25) is 0 Å². The highest BCUT2D eigenvalue weighted by Crippen LogP contribution is 2.36. The summed E-state index contributed by atoms with van der Waals surface area (Å²) in [6.45, 7) is 0.602. The van der Waals surface area contributed by atoms with Crippen molar-refractivity contribution in [3.05, 3.63) is 47.9 Å². The van der Waals surface area contributed by atoms with E-state index in [4.69, 9.17) is 15.3 Å². The average Bonchev–Trinajstić information content (AvgIpc) is 3.14. The predicted octanol–water partition coefficient (Wildman–Crippen LogP) is 2.73. The van der Waals surface area contributed by atoms with E-state index < -0.39 is 5.97 Å². The van der Waals surface area contributed by atoms with Crippen molar-refractivity contribution in [2.45, 2.75) is 25.4 Å². The van der Waals surface area contributed by atoms with Gasteiger partial charge in [0, 0.05) is 6.04 Å². The minimum atomic E-state index is -0.944. The maximum Gasteiger partial charge on any atom is 0.335 e. The molecule has 5 heteroatoms. The fourth-order valence-corrected chi connectivity index (χ4v) is 2.29. The van der Waals surface area contributed by atoms with E-state index in [1.165, 1.54) is 6.07 Å². The van der Waals surface area contributed by atoms with Crippen molar-refractivity contribution in [2.24, 2.45) is 0 Å². The minimum Gasteiger partial charge on any atom is -0.478 e. The van der Waals surface area contributed by atoms with E-state index in [-0.39, 0.29) is 5.56 Å². The lowest BCUT2D eigenvalue weighted by atomic mass is 10.1. The van der Waals surface area contributed by atoms with Crippen molar-refractivity contribution in [3.63, 3.8) is 0 Å². The zero-order chi connectivity index (χ0) is 14.1. The summed E-state index contributed by atoms with van der Waals surface area (Å²) in [4.78, 5) is 13.2. The molecule has 0 bridgehead atoms. The molecule has 0 aliphatic heterocycles. The molecule has 1 aliphatic rings. The lowest BCUT2D eigenvalue weighted by molar-refractivity contribution is 0.0697. The number of rotatable bonds is 5. The molecule has 104 valence electrons. The van der Waals surface area contributed by atoms with E-state index in [9.17, 15) is 4.79 Å². The van der Waals surface area contributed by atoms with Crippen LogP contribution in [0, 0.1) is 0 Å². The van der Waals surface area contributed by atoms with Crippen LogP contribution in [0.1, 0.15) is 29.0 Å². The molecule has 5 nitrogen and oxygen atoms in total. The minimum absolute atomic E-state index is 0.249. The molecular weight excluding hydrogens is 256 g/mol. The molecule has 2 aromatic rings. The van der Waals surface area contributed by atoms with Gasteiger partial charge in [-0.05, 0) is 43.2 Å². The fraction of sp³-hybridized carbons (Fsp3) is 0.267. The Morgan fingerprint density at radius 1 is 1.40 bits per heavy atom. The molecule has 0 amide bonds. The van der Waals surface area contributed by atoms with Crippen LogP contribution in [0.3, 0.4) is 0 Å². The number of nitrogens with zero attached hydrogens (tertiary/aromatic N) is 1. The van der Waals surface area contributed by atoms with E-state index in [2.05, 4.69) is 4.90 Å². The van der Waals surface area contributed by atoms with Gasteiger partial charge in [0.25, 0.3) is 0 Å². The normalized spacial score (nSPS) is 14.2. The lowest BCUT2D eigenvalue weighted by Gasteiger charge is -2.25. The predicted molar refractivity (Wildman–Crippen MR) is 75.7 cm³/mol. The quantitative estimate of drug-likeness (QED) is 0.818. The van der Waals surface area contributed by atoms with Crippen LogP contribution < -0.4 is 10.6 Å². The summed E-state index contributed by atoms with van der Waals surface area (Å²) >= 11 is 0. The van der Waals surface area contributed by atoms with Crippen LogP contribution in [0.25, 0.3) is 0 Å². The maximum absolute atomic E-state index is 11.1. The molecule has 0 atom stereocenters. The number of carboxylic acids is 1. The topological polar surface area (TPSA) is 79.7 Å². The monoisotopic (exact) mass is 272 g/mol. The summed E-state index contributed by atoms with van der Waals surface area (Å²) in [5, 5.41) is 9.11. The van der Waals surface area contributed by atoms with Crippen LogP contribution in [0.4, 0.5) is 11.4 Å². The molecule has 1 aromatic carbocycles. The summed E-state index contributed by atoms with van der Waals surface area (Å²) < 4.78 is 5.38. The Bertz CT molecular complexity index is 618. The van der Waals surface area contributed by atoms with Gasteiger partial charge in [-0.3, -0.25) is 0 Å². The van der Waals surface area contributed by atoms with E-state index in [0.717, 1.165) is 24.3 Å². The smallest absolute Gasteiger partial charge is 0.335 e. The van der Waals surface area contributed by atoms with Crippen LogP contribution in [0.15, 0.2) is 41.0 Å². The highest BCUT2D eigenvalue weighted by molar-refractivity contribution is 5.90.